The summed E-state index contributed by atoms with van der Waals surface area (Å²) in [6, 6.07) is 1.55. The average Bonchev–Trinajstić information content (AvgIpc) is 2.43. The summed E-state index contributed by atoms with van der Waals surface area (Å²) in [5, 5.41) is 5.63. The van der Waals surface area contributed by atoms with Gasteiger partial charge in [-0.2, -0.15) is 0 Å². The number of aromatic nitrogens is 1. The fourth-order valence-corrected chi connectivity index (χ4v) is 2.99. The molecule has 21 heavy (non-hydrogen) atoms. The second-order valence-corrected chi connectivity index (χ2v) is 7.45. The molecule has 2 heterocycles. The summed E-state index contributed by atoms with van der Waals surface area (Å²) in [6.45, 7) is 8.10. The van der Waals surface area contributed by atoms with Crippen LogP contribution in [0.2, 0.25) is 0 Å². The lowest BCUT2D eigenvalue weighted by Crippen LogP contribution is -2.57. The maximum absolute atomic E-state index is 12.1. The first-order chi connectivity index (χ1) is 9.79. The summed E-state index contributed by atoms with van der Waals surface area (Å²) < 4.78 is -0.464. The molecule has 1 aliphatic heterocycles. The van der Waals surface area contributed by atoms with Crippen LogP contribution in [0.1, 0.15) is 30.7 Å². The molecule has 1 unspecified atom stereocenters. The van der Waals surface area contributed by atoms with E-state index in [0.717, 1.165) is 16.8 Å². The Morgan fingerprint density at radius 1 is 1.52 bits per heavy atom. The van der Waals surface area contributed by atoms with Gasteiger partial charge in [-0.3, -0.25) is 14.6 Å². The van der Waals surface area contributed by atoms with E-state index < -0.39 is 10.8 Å². The highest BCUT2D eigenvalue weighted by molar-refractivity contribution is 8.01. The molecule has 0 aliphatic carbocycles. The van der Waals surface area contributed by atoms with Crippen molar-refractivity contribution in [1.82, 2.24) is 15.6 Å². The predicted octanol–water partition coefficient (Wildman–Crippen LogP) is 1.32. The van der Waals surface area contributed by atoms with Gasteiger partial charge in [0.25, 0.3) is 0 Å². The molecule has 0 radical (unpaired) electrons. The van der Waals surface area contributed by atoms with Gasteiger partial charge < -0.3 is 10.6 Å². The van der Waals surface area contributed by atoms with Gasteiger partial charge in [-0.05, 0) is 38.8 Å². The molecule has 2 amide bonds. The van der Waals surface area contributed by atoms with Gasteiger partial charge in [0, 0.05) is 24.2 Å². The molecule has 1 fully saturated rings. The first-order valence-corrected chi connectivity index (χ1v) is 7.93. The maximum atomic E-state index is 12.1. The van der Waals surface area contributed by atoms with Crippen molar-refractivity contribution in [1.29, 1.82) is 0 Å². The van der Waals surface area contributed by atoms with Crippen molar-refractivity contribution >= 4 is 23.6 Å². The first kappa shape index (κ1) is 15.8. The number of carbonyl (C=O) groups is 2. The van der Waals surface area contributed by atoms with E-state index in [0.29, 0.717) is 12.3 Å². The molecule has 0 saturated carbocycles. The van der Waals surface area contributed by atoms with Crippen LogP contribution in [0.3, 0.4) is 0 Å². The molecule has 5 nitrogen and oxygen atoms in total. The Morgan fingerprint density at radius 2 is 2.24 bits per heavy atom. The minimum atomic E-state index is -0.464. The van der Waals surface area contributed by atoms with Gasteiger partial charge in [0.05, 0.1) is 4.75 Å². The van der Waals surface area contributed by atoms with Crippen molar-refractivity contribution < 1.29 is 9.59 Å². The number of hydrogen-bond acceptors (Lipinski definition) is 4. The predicted molar refractivity (Wildman–Crippen MR) is 84.0 cm³/mol. The fourth-order valence-electron chi connectivity index (χ4n) is 1.98. The molecule has 0 spiro atoms. The highest BCUT2D eigenvalue weighted by Gasteiger charge is 2.37. The van der Waals surface area contributed by atoms with E-state index in [1.165, 1.54) is 11.8 Å². The number of pyridine rings is 1. The third-order valence-electron chi connectivity index (χ3n) is 3.64. The van der Waals surface area contributed by atoms with Gasteiger partial charge in [-0.25, -0.2) is 0 Å². The number of aryl methyl sites for hydroxylation is 2. The largest absolute Gasteiger partial charge is 0.350 e. The van der Waals surface area contributed by atoms with Crippen LogP contribution in [-0.2, 0) is 16.1 Å². The molecular weight excluding hydrogens is 286 g/mol. The zero-order chi connectivity index (χ0) is 15.6. The second kappa shape index (κ2) is 6.05. The van der Waals surface area contributed by atoms with Crippen LogP contribution >= 0.6 is 11.8 Å². The lowest BCUT2D eigenvalue weighted by Gasteiger charge is -2.32. The number of rotatable bonds is 3. The molecule has 2 rings (SSSR count). The SMILES string of the molecule is Cc1cc(CNC(=O)C2CSC(C)(C)C(=O)N2)cnc1C. The van der Waals surface area contributed by atoms with Crippen molar-refractivity contribution in [2.75, 3.05) is 5.75 Å². The van der Waals surface area contributed by atoms with Gasteiger partial charge >= 0.3 is 0 Å². The molecule has 2 N–H and O–H groups in total. The third-order valence-corrected chi connectivity index (χ3v) is 5.05. The first-order valence-electron chi connectivity index (χ1n) is 6.94. The van der Waals surface area contributed by atoms with Gasteiger partial charge in [0.15, 0.2) is 0 Å². The minimum Gasteiger partial charge on any atom is -0.350 e. The Morgan fingerprint density at radius 3 is 2.86 bits per heavy atom. The quantitative estimate of drug-likeness (QED) is 0.883. The number of nitrogens with zero attached hydrogens (tertiary/aromatic N) is 1. The number of amides is 2. The highest BCUT2D eigenvalue weighted by Crippen LogP contribution is 2.28. The molecule has 1 aliphatic rings. The Labute approximate surface area is 129 Å². The monoisotopic (exact) mass is 307 g/mol. The Hall–Kier alpha value is -1.56. The minimum absolute atomic E-state index is 0.0910. The summed E-state index contributed by atoms with van der Waals surface area (Å²) in [6.07, 6.45) is 1.76. The molecule has 0 aromatic carbocycles. The van der Waals surface area contributed by atoms with Crippen molar-refractivity contribution in [3.8, 4) is 0 Å². The van der Waals surface area contributed by atoms with Gasteiger partial charge in [-0.15, -0.1) is 11.8 Å². The van der Waals surface area contributed by atoms with Crippen molar-refractivity contribution in [3.63, 3.8) is 0 Å². The zero-order valence-corrected chi connectivity index (χ0v) is 13.6. The highest BCUT2D eigenvalue weighted by atomic mass is 32.2. The lowest BCUT2D eigenvalue weighted by molar-refractivity contribution is -0.129. The number of thioether (sulfide) groups is 1. The molecule has 114 valence electrons. The summed E-state index contributed by atoms with van der Waals surface area (Å²) in [4.78, 5) is 28.3. The molecule has 6 heteroatoms. The van der Waals surface area contributed by atoms with Crippen LogP contribution in [0.15, 0.2) is 12.3 Å². The van der Waals surface area contributed by atoms with Gasteiger partial charge in [0.1, 0.15) is 6.04 Å². The Kier molecular flexibility index (Phi) is 4.56. The summed E-state index contributed by atoms with van der Waals surface area (Å²) in [7, 11) is 0. The van der Waals surface area contributed by atoms with E-state index >= 15 is 0 Å². The normalized spacial score (nSPS) is 20.8. The van der Waals surface area contributed by atoms with Gasteiger partial charge in [-0.1, -0.05) is 6.07 Å². The van der Waals surface area contributed by atoms with Crippen LogP contribution in [0, 0.1) is 13.8 Å². The molecule has 1 aromatic rings. The van der Waals surface area contributed by atoms with Crippen molar-refractivity contribution in [2.45, 2.75) is 45.0 Å². The second-order valence-electron chi connectivity index (χ2n) is 5.81. The van der Waals surface area contributed by atoms with E-state index in [-0.39, 0.29) is 11.8 Å². The van der Waals surface area contributed by atoms with E-state index in [9.17, 15) is 9.59 Å². The summed E-state index contributed by atoms with van der Waals surface area (Å²) in [5.74, 6) is 0.353. The molecular formula is C15H21N3O2S. The molecule has 1 saturated heterocycles. The van der Waals surface area contributed by atoms with Crippen LogP contribution < -0.4 is 10.6 Å². The number of carbonyl (C=O) groups excluding carboxylic acids is 2. The van der Waals surface area contributed by atoms with Crippen LogP contribution in [0.4, 0.5) is 0 Å². The summed E-state index contributed by atoms with van der Waals surface area (Å²) >= 11 is 1.51. The molecule has 1 aromatic heterocycles. The van der Waals surface area contributed by atoms with Crippen molar-refractivity contribution in [3.05, 3.63) is 29.1 Å². The smallest absolute Gasteiger partial charge is 0.243 e. The Bertz CT molecular complexity index is 572. The number of hydrogen-bond donors (Lipinski definition) is 2. The Balaban J connectivity index is 1.90. The van der Waals surface area contributed by atoms with E-state index in [1.807, 2.05) is 33.8 Å². The maximum Gasteiger partial charge on any atom is 0.243 e. The van der Waals surface area contributed by atoms with Gasteiger partial charge in [0.2, 0.25) is 11.8 Å². The fraction of sp³-hybridized carbons (Fsp3) is 0.533. The van der Waals surface area contributed by atoms with Crippen molar-refractivity contribution in [2.24, 2.45) is 0 Å². The standard InChI is InChI=1S/C15H21N3O2S/c1-9-5-11(6-16-10(9)2)7-17-13(19)12-8-21-15(3,4)14(20)18-12/h5-6,12H,7-8H2,1-4H3,(H,17,19)(H,18,20). The average molecular weight is 307 g/mol. The number of nitrogens with one attached hydrogen (secondary N) is 2. The molecule has 1 atom stereocenters. The van der Waals surface area contributed by atoms with E-state index in [2.05, 4.69) is 15.6 Å². The third kappa shape index (κ3) is 3.75. The summed E-state index contributed by atoms with van der Waals surface area (Å²) in [5.41, 5.74) is 3.05. The lowest BCUT2D eigenvalue weighted by atomic mass is 10.1. The van der Waals surface area contributed by atoms with Crippen LogP contribution in [0.5, 0.6) is 0 Å². The van der Waals surface area contributed by atoms with E-state index in [1.54, 1.807) is 6.20 Å². The topological polar surface area (TPSA) is 71.1 Å². The zero-order valence-electron chi connectivity index (χ0n) is 12.8. The molecule has 0 bridgehead atoms. The van der Waals surface area contributed by atoms with Crippen LogP contribution in [-0.4, -0.2) is 33.3 Å². The van der Waals surface area contributed by atoms with E-state index in [4.69, 9.17) is 0 Å². The van der Waals surface area contributed by atoms with Crippen LogP contribution in [0.25, 0.3) is 0 Å².